The van der Waals surface area contributed by atoms with Crippen molar-refractivity contribution in [2.24, 2.45) is 5.92 Å². The summed E-state index contributed by atoms with van der Waals surface area (Å²) in [6.45, 7) is 5.40. The second-order valence-electron chi connectivity index (χ2n) is 8.99. The van der Waals surface area contributed by atoms with Gasteiger partial charge >= 0.3 is 0 Å². The number of hydrogen-bond donors (Lipinski definition) is 1. The van der Waals surface area contributed by atoms with Crippen LogP contribution < -0.4 is 10.2 Å². The maximum Gasteiger partial charge on any atom is 0.230 e. The quantitative estimate of drug-likeness (QED) is 0.542. The van der Waals surface area contributed by atoms with Crippen molar-refractivity contribution in [2.75, 3.05) is 30.9 Å². The number of rotatable bonds is 10. The average Bonchev–Trinajstić information content (AvgIpc) is 2.73. The monoisotopic (exact) mass is 435 g/mol. The summed E-state index contributed by atoms with van der Waals surface area (Å²) < 4.78 is 0. The Morgan fingerprint density at radius 1 is 1.06 bits per heavy atom. The first kappa shape index (κ1) is 23.8. The Balaban J connectivity index is 1.85. The first-order chi connectivity index (χ1) is 15.4. The van der Waals surface area contributed by atoms with Crippen LogP contribution in [-0.2, 0) is 16.1 Å². The van der Waals surface area contributed by atoms with Gasteiger partial charge in [-0.3, -0.25) is 9.59 Å². The van der Waals surface area contributed by atoms with Gasteiger partial charge in [-0.15, -0.1) is 0 Å². The van der Waals surface area contributed by atoms with E-state index < -0.39 is 0 Å². The normalized spacial score (nSPS) is 14.4. The fourth-order valence-electron chi connectivity index (χ4n) is 4.34. The first-order valence-electron chi connectivity index (χ1n) is 11.9. The third-order valence-electron chi connectivity index (χ3n) is 6.38. The maximum atomic E-state index is 13.6. The van der Waals surface area contributed by atoms with Crippen LogP contribution in [0.2, 0.25) is 0 Å². The number of benzene rings is 2. The SMILES string of the molecule is CCCN(Cc1cc(NC(=O)C2CCC2)ccc1N(C)C)C(=O)[C@H](CC)c1ccccc1. The zero-order valence-electron chi connectivity index (χ0n) is 19.9. The molecule has 2 amide bonds. The van der Waals surface area contributed by atoms with Crippen LogP contribution in [-0.4, -0.2) is 37.4 Å². The summed E-state index contributed by atoms with van der Waals surface area (Å²) in [4.78, 5) is 30.1. The Labute approximate surface area is 192 Å². The lowest BCUT2D eigenvalue weighted by Gasteiger charge is -2.29. The topological polar surface area (TPSA) is 52.7 Å². The molecule has 0 aromatic heterocycles. The third-order valence-corrected chi connectivity index (χ3v) is 6.38. The molecular weight excluding hydrogens is 398 g/mol. The second kappa shape index (κ2) is 11.2. The van der Waals surface area contributed by atoms with E-state index in [1.54, 1.807) is 0 Å². The van der Waals surface area contributed by atoms with Crippen molar-refractivity contribution in [3.05, 3.63) is 59.7 Å². The number of nitrogens with zero attached hydrogens (tertiary/aromatic N) is 2. The summed E-state index contributed by atoms with van der Waals surface area (Å²) in [5.74, 6) is 0.263. The number of hydrogen-bond acceptors (Lipinski definition) is 3. The molecule has 1 aliphatic carbocycles. The van der Waals surface area contributed by atoms with Gasteiger partial charge in [0.1, 0.15) is 0 Å². The van der Waals surface area contributed by atoms with Gasteiger partial charge in [-0.05, 0) is 55.0 Å². The lowest BCUT2D eigenvalue weighted by Crippen LogP contribution is -2.35. The van der Waals surface area contributed by atoms with Gasteiger partial charge < -0.3 is 15.1 Å². The average molecular weight is 436 g/mol. The van der Waals surface area contributed by atoms with Crippen LogP contribution in [0.4, 0.5) is 11.4 Å². The van der Waals surface area contributed by atoms with E-state index in [2.05, 4.69) is 24.1 Å². The van der Waals surface area contributed by atoms with Gasteiger partial charge in [-0.1, -0.05) is 50.6 Å². The first-order valence-corrected chi connectivity index (χ1v) is 11.9. The molecular formula is C27H37N3O2. The standard InChI is InChI=1S/C27H37N3O2/c1-5-17-30(27(32)24(6-2)20-11-8-7-9-12-20)19-22-18-23(15-16-25(22)29(3)4)28-26(31)21-13-10-14-21/h7-9,11-12,15-16,18,21,24H,5-6,10,13-14,17,19H2,1-4H3,(H,28,31)/t24-/m1/s1. The molecule has 0 unspecified atom stereocenters. The van der Waals surface area contributed by atoms with Crippen molar-refractivity contribution < 1.29 is 9.59 Å². The van der Waals surface area contributed by atoms with E-state index in [0.717, 1.165) is 54.6 Å². The van der Waals surface area contributed by atoms with Crippen molar-refractivity contribution in [2.45, 2.75) is 58.4 Å². The predicted octanol–water partition coefficient (Wildman–Crippen LogP) is 5.42. The molecule has 172 valence electrons. The zero-order chi connectivity index (χ0) is 23.1. The van der Waals surface area contributed by atoms with Gasteiger partial charge in [-0.2, -0.15) is 0 Å². The minimum absolute atomic E-state index is 0.108. The largest absolute Gasteiger partial charge is 0.377 e. The molecule has 1 N–H and O–H groups in total. The maximum absolute atomic E-state index is 13.6. The predicted molar refractivity (Wildman–Crippen MR) is 132 cm³/mol. The Bertz CT molecular complexity index is 906. The lowest BCUT2D eigenvalue weighted by atomic mass is 9.85. The fourth-order valence-corrected chi connectivity index (χ4v) is 4.34. The summed E-state index contributed by atoms with van der Waals surface area (Å²) in [7, 11) is 4.02. The smallest absolute Gasteiger partial charge is 0.230 e. The Kier molecular flexibility index (Phi) is 8.32. The minimum Gasteiger partial charge on any atom is -0.377 e. The van der Waals surface area contributed by atoms with Gasteiger partial charge in [0.15, 0.2) is 0 Å². The van der Waals surface area contributed by atoms with E-state index in [0.29, 0.717) is 13.1 Å². The van der Waals surface area contributed by atoms with Crippen LogP contribution in [0.5, 0.6) is 0 Å². The molecule has 0 bridgehead atoms. The Morgan fingerprint density at radius 3 is 2.34 bits per heavy atom. The molecule has 5 nitrogen and oxygen atoms in total. The summed E-state index contributed by atoms with van der Waals surface area (Å²) in [6.07, 6.45) is 4.75. The molecule has 0 spiro atoms. The number of carbonyl (C=O) groups is 2. The van der Waals surface area contributed by atoms with Gasteiger partial charge in [0.2, 0.25) is 11.8 Å². The summed E-state index contributed by atoms with van der Waals surface area (Å²) in [6, 6.07) is 16.1. The summed E-state index contributed by atoms with van der Waals surface area (Å²) >= 11 is 0. The molecule has 2 aromatic rings. The van der Waals surface area contributed by atoms with E-state index >= 15 is 0 Å². The highest BCUT2D eigenvalue weighted by Gasteiger charge is 2.27. The molecule has 0 radical (unpaired) electrons. The van der Waals surface area contributed by atoms with E-state index in [1.165, 1.54) is 0 Å². The summed E-state index contributed by atoms with van der Waals surface area (Å²) in [5, 5.41) is 3.08. The van der Waals surface area contributed by atoms with Crippen molar-refractivity contribution >= 4 is 23.2 Å². The van der Waals surface area contributed by atoms with Crippen LogP contribution >= 0.6 is 0 Å². The Hall–Kier alpha value is -2.82. The highest BCUT2D eigenvalue weighted by molar-refractivity contribution is 5.93. The van der Waals surface area contributed by atoms with Crippen LogP contribution in [0.3, 0.4) is 0 Å². The molecule has 1 saturated carbocycles. The highest BCUT2D eigenvalue weighted by atomic mass is 16.2. The van der Waals surface area contributed by atoms with E-state index in [4.69, 9.17) is 0 Å². The molecule has 1 aliphatic rings. The summed E-state index contributed by atoms with van der Waals surface area (Å²) in [5.41, 5.74) is 3.98. The van der Waals surface area contributed by atoms with Crippen molar-refractivity contribution in [1.82, 2.24) is 4.90 Å². The second-order valence-corrected chi connectivity index (χ2v) is 8.99. The van der Waals surface area contributed by atoms with Crippen LogP contribution in [0.25, 0.3) is 0 Å². The fraction of sp³-hybridized carbons (Fsp3) is 0.481. The van der Waals surface area contributed by atoms with Gasteiger partial charge in [0.25, 0.3) is 0 Å². The van der Waals surface area contributed by atoms with Crippen LogP contribution in [0.1, 0.15) is 63.0 Å². The number of carbonyl (C=O) groups excluding carboxylic acids is 2. The van der Waals surface area contributed by atoms with Gasteiger partial charge in [0, 0.05) is 44.5 Å². The molecule has 0 aliphatic heterocycles. The number of nitrogens with one attached hydrogen (secondary N) is 1. The molecule has 5 heteroatoms. The molecule has 1 atom stereocenters. The minimum atomic E-state index is -0.146. The number of amides is 2. The van der Waals surface area contributed by atoms with Crippen LogP contribution in [0.15, 0.2) is 48.5 Å². The van der Waals surface area contributed by atoms with E-state index in [9.17, 15) is 9.59 Å². The number of anilines is 2. The molecule has 0 saturated heterocycles. The van der Waals surface area contributed by atoms with Crippen molar-refractivity contribution in [1.29, 1.82) is 0 Å². The molecule has 1 fully saturated rings. The van der Waals surface area contributed by atoms with Gasteiger partial charge in [0.05, 0.1) is 5.92 Å². The zero-order valence-corrected chi connectivity index (χ0v) is 19.9. The van der Waals surface area contributed by atoms with E-state index in [-0.39, 0.29) is 23.7 Å². The molecule has 3 rings (SSSR count). The van der Waals surface area contributed by atoms with Crippen molar-refractivity contribution in [3.8, 4) is 0 Å². The molecule has 0 heterocycles. The van der Waals surface area contributed by atoms with Crippen LogP contribution in [0, 0.1) is 5.92 Å². The lowest BCUT2D eigenvalue weighted by molar-refractivity contribution is -0.133. The van der Waals surface area contributed by atoms with Gasteiger partial charge in [-0.25, -0.2) is 0 Å². The van der Waals surface area contributed by atoms with E-state index in [1.807, 2.05) is 67.5 Å². The third kappa shape index (κ3) is 5.70. The van der Waals surface area contributed by atoms with Crippen molar-refractivity contribution in [3.63, 3.8) is 0 Å². The Morgan fingerprint density at radius 2 is 1.78 bits per heavy atom. The molecule has 32 heavy (non-hydrogen) atoms. The highest BCUT2D eigenvalue weighted by Crippen LogP contribution is 2.30. The molecule has 2 aromatic carbocycles.